The Balaban J connectivity index is 3.03. The second kappa shape index (κ2) is 3.74. The summed E-state index contributed by atoms with van der Waals surface area (Å²) in [6.07, 6.45) is 0. The lowest BCUT2D eigenvalue weighted by atomic mass is 10.2. The summed E-state index contributed by atoms with van der Waals surface area (Å²) < 4.78 is 4.45. The van der Waals surface area contributed by atoms with Gasteiger partial charge < -0.3 is 4.52 Å². The van der Waals surface area contributed by atoms with Crippen LogP contribution in [0.1, 0.15) is 10.4 Å². The van der Waals surface area contributed by atoms with Gasteiger partial charge in [-0.25, -0.2) is 4.79 Å². The zero-order valence-corrected chi connectivity index (χ0v) is 7.70. The summed E-state index contributed by atoms with van der Waals surface area (Å²) in [5, 5.41) is 0. The van der Waals surface area contributed by atoms with E-state index in [0.29, 0.717) is 10.5 Å². The summed E-state index contributed by atoms with van der Waals surface area (Å²) in [6.45, 7) is 0. The molecular formula is C7H7O2PS. The molecule has 1 unspecified atom stereocenters. The molecular weight excluding hydrogens is 179 g/mol. The van der Waals surface area contributed by atoms with E-state index in [0.717, 1.165) is 0 Å². The number of benzene rings is 1. The van der Waals surface area contributed by atoms with Crippen LogP contribution in [0.4, 0.5) is 0 Å². The van der Waals surface area contributed by atoms with Gasteiger partial charge in [0.15, 0.2) is 0 Å². The lowest BCUT2D eigenvalue weighted by Gasteiger charge is -2.00. The van der Waals surface area contributed by atoms with Gasteiger partial charge in [0.1, 0.15) is 0 Å². The predicted octanol–water partition coefficient (Wildman–Crippen LogP) is 1.92. The fourth-order valence-electron chi connectivity index (χ4n) is 0.710. The summed E-state index contributed by atoms with van der Waals surface area (Å²) in [5.74, 6) is -0.388. The van der Waals surface area contributed by atoms with Gasteiger partial charge >= 0.3 is 5.97 Å². The molecule has 0 saturated heterocycles. The molecule has 1 aromatic rings. The third-order valence-electron chi connectivity index (χ3n) is 1.23. The molecule has 0 aliphatic heterocycles. The zero-order chi connectivity index (χ0) is 8.27. The number of carbonyl (C=O) groups excluding carboxylic acids is 1. The van der Waals surface area contributed by atoms with E-state index in [2.05, 4.69) is 17.2 Å². The van der Waals surface area contributed by atoms with Crippen LogP contribution in [0.2, 0.25) is 0 Å². The Morgan fingerprint density at radius 3 is 2.64 bits per heavy atom. The van der Waals surface area contributed by atoms with Crippen molar-refractivity contribution in [3.63, 3.8) is 0 Å². The monoisotopic (exact) mass is 186 g/mol. The maximum atomic E-state index is 10.9. The quantitative estimate of drug-likeness (QED) is 0.535. The van der Waals surface area contributed by atoms with Gasteiger partial charge in [-0.15, -0.1) is 12.6 Å². The van der Waals surface area contributed by atoms with Crippen molar-refractivity contribution in [2.24, 2.45) is 0 Å². The fraction of sp³-hybridized carbons (Fsp3) is 0. The first-order chi connectivity index (χ1) is 5.25. The SMILES string of the molecule is O=C(OP)c1ccccc1S. The third-order valence-corrected chi connectivity index (χ3v) is 1.84. The minimum Gasteiger partial charge on any atom is -0.448 e. The molecule has 0 bridgehead atoms. The zero-order valence-electron chi connectivity index (χ0n) is 5.65. The van der Waals surface area contributed by atoms with Crippen molar-refractivity contribution in [3.05, 3.63) is 29.8 Å². The van der Waals surface area contributed by atoms with Crippen LogP contribution in [0.5, 0.6) is 0 Å². The molecule has 0 amide bonds. The molecule has 0 aliphatic rings. The molecule has 0 spiro atoms. The summed E-state index contributed by atoms with van der Waals surface area (Å²) >= 11 is 4.08. The first-order valence-electron chi connectivity index (χ1n) is 2.94. The van der Waals surface area contributed by atoms with Crippen LogP contribution in [0.25, 0.3) is 0 Å². The van der Waals surface area contributed by atoms with Gasteiger partial charge in [0.2, 0.25) is 0 Å². The molecule has 0 N–H and O–H groups in total. The molecule has 0 radical (unpaired) electrons. The van der Waals surface area contributed by atoms with Gasteiger partial charge in [0.05, 0.1) is 15.0 Å². The molecule has 0 aliphatic carbocycles. The van der Waals surface area contributed by atoms with Crippen molar-refractivity contribution in [1.29, 1.82) is 0 Å². The molecule has 0 saturated carbocycles. The molecule has 1 aromatic carbocycles. The van der Waals surface area contributed by atoms with Crippen molar-refractivity contribution in [3.8, 4) is 0 Å². The maximum Gasteiger partial charge on any atom is 0.341 e. The molecule has 4 heteroatoms. The van der Waals surface area contributed by atoms with E-state index >= 15 is 0 Å². The highest BCUT2D eigenvalue weighted by Gasteiger charge is 2.06. The van der Waals surface area contributed by atoms with Gasteiger partial charge in [-0.1, -0.05) is 12.1 Å². The predicted molar refractivity (Wildman–Crippen MR) is 48.8 cm³/mol. The van der Waals surface area contributed by atoms with Crippen LogP contribution in [0, 0.1) is 0 Å². The molecule has 2 nitrogen and oxygen atoms in total. The van der Waals surface area contributed by atoms with E-state index in [1.807, 2.05) is 15.5 Å². The Hall–Kier alpha value is -0.530. The Morgan fingerprint density at radius 1 is 1.45 bits per heavy atom. The lowest BCUT2D eigenvalue weighted by molar-refractivity contribution is 0.0762. The van der Waals surface area contributed by atoms with E-state index in [1.165, 1.54) is 0 Å². The topological polar surface area (TPSA) is 26.3 Å². The van der Waals surface area contributed by atoms with Crippen molar-refractivity contribution < 1.29 is 9.32 Å². The second-order valence-electron chi connectivity index (χ2n) is 1.92. The first-order valence-corrected chi connectivity index (χ1v) is 3.86. The molecule has 11 heavy (non-hydrogen) atoms. The average Bonchev–Trinajstić information content (AvgIpc) is 2.04. The van der Waals surface area contributed by atoms with Crippen LogP contribution in [0.15, 0.2) is 29.2 Å². The first kappa shape index (κ1) is 8.57. The van der Waals surface area contributed by atoms with E-state index < -0.39 is 0 Å². The highest BCUT2D eigenvalue weighted by Crippen LogP contribution is 2.14. The number of rotatable bonds is 1. The number of carbonyl (C=O) groups is 1. The van der Waals surface area contributed by atoms with Crippen LogP contribution in [-0.4, -0.2) is 5.97 Å². The number of hydrogen-bond donors (Lipinski definition) is 1. The smallest absolute Gasteiger partial charge is 0.341 e. The standard InChI is InChI=1S/C7H7O2PS/c8-7(9-10)5-3-1-2-4-6(5)11/h1-4,11H,10H2. The minimum absolute atomic E-state index is 0.388. The van der Waals surface area contributed by atoms with Gasteiger partial charge in [0, 0.05) is 4.90 Å². The normalized spacial score (nSPS) is 9.27. The van der Waals surface area contributed by atoms with E-state index in [1.54, 1.807) is 18.2 Å². The lowest BCUT2D eigenvalue weighted by Crippen LogP contribution is -1.98. The van der Waals surface area contributed by atoms with Crippen LogP contribution >= 0.6 is 22.1 Å². The molecule has 1 rings (SSSR count). The molecule has 1 atom stereocenters. The van der Waals surface area contributed by atoms with Gasteiger partial charge in [0.25, 0.3) is 0 Å². The van der Waals surface area contributed by atoms with Crippen molar-refractivity contribution >= 4 is 28.1 Å². The Bertz CT molecular complexity index is 275. The molecule has 0 aromatic heterocycles. The van der Waals surface area contributed by atoms with E-state index in [4.69, 9.17) is 0 Å². The van der Waals surface area contributed by atoms with Crippen molar-refractivity contribution in [2.75, 3.05) is 0 Å². The number of thiol groups is 1. The molecule has 0 fully saturated rings. The minimum atomic E-state index is -0.388. The Morgan fingerprint density at radius 2 is 2.09 bits per heavy atom. The maximum absolute atomic E-state index is 10.9. The van der Waals surface area contributed by atoms with Gasteiger partial charge in [-0.3, -0.25) is 0 Å². The highest BCUT2D eigenvalue weighted by atomic mass is 32.1. The van der Waals surface area contributed by atoms with Crippen LogP contribution in [-0.2, 0) is 4.52 Å². The van der Waals surface area contributed by atoms with Gasteiger partial charge in [-0.2, -0.15) is 0 Å². The largest absolute Gasteiger partial charge is 0.448 e. The average molecular weight is 186 g/mol. The van der Waals surface area contributed by atoms with E-state index in [9.17, 15) is 4.79 Å². The third kappa shape index (κ3) is 1.95. The Labute approximate surface area is 72.6 Å². The molecule has 0 heterocycles. The number of hydrogen-bond acceptors (Lipinski definition) is 3. The second-order valence-corrected chi connectivity index (χ2v) is 2.64. The van der Waals surface area contributed by atoms with Crippen molar-refractivity contribution in [1.82, 2.24) is 0 Å². The van der Waals surface area contributed by atoms with Crippen LogP contribution in [0.3, 0.4) is 0 Å². The fourth-order valence-corrected chi connectivity index (χ4v) is 1.09. The van der Waals surface area contributed by atoms with E-state index in [-0.39, 0.29) is 5.97 Å². The van der Waals surface area contributed by atoms with Gasteiger partial charge in [-0.05, 0) is 12.1 Å². The summed E-state index contributed by atoms with van der Waals surface area (Å²) in [6, 6.07) is 6.97. The van der Waals surface area contributed by atoms with Crippen LogP contribution < -0.4 is 0 Å². The Kier molecular flexibility index (Phi) is 2.92. The van der Waals surface area contributed by atoms with Crippen molar-refractivity contribution in [2.45, 2.75) is 4.90 Å². The molecule has 58 valence electrons. The highest BCUT2D eigenvalue weighted by molar-refractivity contribution is 7.80. The summed E-state index contributed by atoms with van der Waals surface area (Å²) in [4.78, 5) is 11.6. The summed E-state index contributed by atoms with van der Waals surface area (Å²) in [5.41, 5.74) is 0.478. The summed E-state index contributed by atoms with van der Waals surface area (Å²) in [7, 11) is 1.91.